The van der Waals surface area contributed by atoms with E-state index >= 15 is 4.39 Å². The lowest BCUT2D eigenvalue weighted by Crippen LogP contribution is -2.38. The topological polar surface area (TPSA) is 95.2 Å². The van der Waals surface area contributed by atoms with Gasteiger partial charge in [0, 0.05) is 41.5 Å². The number of hydrogen-bond acceptors (Lipinski definition) is 4. The molecule has 0 amide bonds. The van der Waals surface area contributed by atoms with Crippen molar-refractivity contribution in [3.05, 3.63) is 83.2 Å². The lowest BCUT2D eigenvalue weighted by Gasteiger charge is -2.22. The van der Waals surface area contributed by atoms with Crippen molar-refractivity contribution in [2.24, 2.45) is 0 Å². The van der Waals surface area contributed by atoms with Crippen LogP contribution in [-0.2, 0) is 10.2 Å². The number of aromatic amines is 1. The van der Waals surface area contributed by atoms with Crippen LogP contribution in [0.15, 0.2) is 54.9 Å². The number of rotatable bonds is 6. The predicted octanol–water partition coefficient (Wildman–Crippen LogP) is 5.19. The normalized spacial score (nSPS) is 16.5. The predicted molar refractivity (Wildman–Crippen MR) is 134 cm³/mol. The zero-order valence-electron chi connectivity index (χ0n) is 19.7. The Labute approximate surface area is 207 Å². The van der Waals surface area contributed by atoms with E-state index in [0.717, 1.165) is 28.8 Å². The van der Waals surface area contributed by atoms with Gasteiger partial charge in [-0.2, -0.15) is 12.7 Å². The summed E-state index contributed by atoms with van der Waals surface area (Å²) in [5.74, 6) is -3.28. The Bertz CT molecular complexity index is 1580. The first kappa shape index (κ1) is 24.1. The van der Waals surface area contributed by atoms with Gasteiger partial charge in [0.15, 0.2) is 5.82 Å². The van der Waals surface area contributed by atoms with Crippen LogP contribution in [0.4, 0.5) is 14.5 Å². The molecule has 4 aromatic rings. The van der Waals surface area contributed by atoms with E-state index < -0.39 is 38.9 Å². The highest BCUT2D eigenvalue weighted by atomic mass is 32.2. The molecule has 7 nitrogen and oxygen atoms in total. The highest BCUT2D eigenvalue weighted by molar-refractivity contribution is 7.90. The fraction of sp³-hybridized carbons (Fsp3) is 0.231. The minimum absolute atomic E-state index is 0.0254. The molecule has 3 heterocycles. The first-order valence-electron chi connectivity index (χ1n) is 11.5. The van der Waals surface area contributed by atoms with Gasteiger partial charge >= 0.3 is 10.2 Å². The summed E-state index contributed by atoms with van der Waals surface area (Å²) in [6, 6.07) is 11.1. The summed E-state index contributed by atoms with van der Waals surface area (Å²) < 4.78 is 59.2. The minimum atomic E-state index is -4.07. The van der Waals surface area contributed by atoms with Gasteiger partial charge in [0.1, 0.15) is 11.5 Å². The summed E-state index contributed by atoms with van der Waals surface area (Å²) in [4.78, 5) is 20.6. The molecule has 0 bridgehead atoms. The van der Waals surface area contributed by atoms with Crippen LogP contribution in [0.3, 0.4) is 0 Å². The van der Waals surface area contributed by atoms with Gasteiger partial charge in [-0.05, 0) is 50.5 Å². The van der Waals surface area contributed by atoms with Crippen molar-refractivity contribution >= 4 is 32.7 Å². The second kappa shape index (κ2) is 9.11. The van der Waals surface area contributed by atoms with Crippen LogP contribution in [0.5, 0.6) is 0 Å². The van der Waals surface area contributed by atoms with Gasteiger partial charge in [0.05, 0.1) is 11.3 Å². The molecule has 0 unspecified atom stereocenters. The van der Waals surface area contributed by atoms with Crippen LogP contribution in [0.1, 0.15) is 41.3 Å². The number of carbonyl (C=O) groups is 1. The summed E-state index contributed by atoms with van der Waals surface area (Å²) in [6.07, 6.45) is 4.38. The summed E-state index contributed by atoms with van der Waals surface area (Å²) in [7, 11) is -4.07. The SMILES string of the molecule is Cc1ccc(-c2cnc3[nH]cc(C(=O)c4c(F)ccc(NS(=O)(=O)N5CCC[C@H]5C)c4F)c3c2)cc1. The van der Waals surface area contributed by atoms with E-state index in [1.807, 2.05) is 31.2 Å². The average molecular weight is 511 g/mol. The van der Waals surface area contributed by atoms with Gasteiger partial charge < -0.3 is 4.98 Å². The Balaban J connectivity index is 1.53. The largest absolute Gasteiger partial charge is 0.345 e. The quantitative estimate of drug-likeness (QED) is 0.349. The third kappa shape index (κ3) is 4.27. The number of H-pyrrole nitrogens is 1. The molecular weight excluding hydrogens is 486 g/mol. The van der Waals surface area contributed by atoms with Crippen LogP contribution in [0, 0.1) is 18.6 Å². The fourth-order valence-electron chi connectivity index (χ4n) is 4.53. The maximum Gasteiger partial charge on any atom is 0.301 e. The summed E-state index contributed by atoms with van der Waals surface area (Å²) in [6.45, 7) is 4.03. The molecule has 36 heavy (non-hydrogen) atoms. The van der Waals surface area contributed by atoms with Crippen LogP contribution in [0.25, 0.3) is 22.2 Å². The highest BCUT2D eigenvalue weighted by Crippen LogP contribution is 2.30. The van der Waals surface area contributed by atoms with E-state index in [2.05, 4.69) is 14.7 Å². The Morgan fingerprint density at radius 3 is 2.58 bits per heavy atom. The molecule has 10 heteroatoms. The molecule has 2 N–H and O–H groups in total. The number of fused-ring (bicyclic) bond motifs is 1. The molecule has 1 fully saturated rings. The lowest BCUT2D eigenvalue weighted by molar-refractivity contribution is 0.103. The molecule has 5 rings (SSSR count). The third-order valence-electron chi connectivity index (χ3n) is 6.52. The van der Waals surface area contributed by atoms with Crippen LogP contribution in [0.2, 0.25) is 0 Å². The molecule has 1 saturated heterocycles. The van der Waals surface area contributed by atoms with Gasteiger partial charge in [0.2, 0.25) is 5.78 Å². The van der Waals surface area contributed by atoms with Gasteiger partial charge in [-0.15, -0.1) is 0 Å². The molecule has 1 aliphatic heterocycles. The Kier molecular flexibility index (Phi) is 6.09. The lowest BCUT2D eigenvalue weighted by atomic mass is 9.99. The third-order valence-corrected chi connectivity index (χ3v) is 8.16. The Hall–Kier alpha value is -3.63. The average Bonchev–Trinajstić information content (AvgIpc) is 3.47. The Morgan fingerprint density at radius 1 is 1.14 bits per heavy atom. The summed E-state index contributed by atoms with van der Waals surface area (Å²) >= 11 is 0. The number of nitrogens with one attached hydrogen (secondary N) is 2. The van der Waals surface area contributed by atoms with Crippen LogP contribution < -0.4 is 4.72 Å². The molecule has 0 saturated carbocycles. The smallest absolute Gasteiger partial charge is 0.301 e. The number of hydrogen-bond donors (Lipinski definition) is 2. The van der Waals surface area contributed by atoms with Gasteiger partial charge in [-0.25, -0.2) is 13.8 Å². The molecule has 1 aliphatic rings. The number of ketones is 1. The van der Waals surface area contributed by atoms with E-state index in [-0.39, 0.29) is 11.6 Å². The maximum atomic E-state index is 15.4. The van der Waals surface area contributed by atoms with E-state index in [9.17, 15) is 17.6 Å². The van der Waals surface area contributed by atoms with Gasteiger partial charge in [-0.3, -0.25) is 9.52 Å². The number of pyridine rings is 1. The molecular formula is C26H24F2N4O3S. The van der Waals surface area contributed by atoms with Crippen molar-refractivity contribution in [3.63, 3.8) is 0 Å². The van der Waals surface area contributed by atoms with E-state index in [1.54, 1.807) is 19.2 Å². The van der Waals surface area contributed by atoms with E-state index in [0.29, 0.717) is 30.4 Å². The standard InChI is InChI=1S/C26H24F2N4O3S/c1-15-5-7-17(8-6-15)18-12-19-20(14-30-26(19)29-13-18)25(33)23-21(27)9-10-22(24(23)28)31-36(34,35)32-11-3-4-16(32)2/h5-10,12-14,16,31H,3-4,11H2,1-2H3,(H,29,30)/t16-/m1/s1. The van der Waals surface area contributed by atoms with Crippen molar-refractivity contribution in [1.82, 2.24) is 14.3 Å². The first-order chi connectivity index (χ1) is 17.2. The van der Waals surface area contributed by atoms with Crippen LogP contribution >= 0.6 is 0 Å². The zero-order chi connectivity index (χ0) is 25.6. The van der Waals surface area contributed by atoms with E-state index in [4.69, 9.17) is 0 Å². The van der Waals surface area contributed by atoms with Crippen molar-refractivity contribution in [2.75, 3.05) is 11.3 Å². The van der Waals surface area contributed by atoms with Gasteiger partial charge in [0.25, 0.3) is 0 Å². The zero-order valence-corrected chi connectivity index (χ0v) is 20.5. The second-order valence-corrected chi connectivity index (χ2v) is 10.6. The molecule has 0 radical (unpaired) electrons. The second-order valence-electron chi connectivity index (χ2n) is 9.01. The summed E-state index contributed by atoms with van der Waals surface area (Å²) in [5, 5.41) is 0.397. The molecule has 0 spiro atoms. The van der Waals surface area contributed by atoms with Crippen molar-refractivity contribution < 1.29 is 22.0 Å². The molecule has 0 aliphatic carbocycles. The summed E-state index contributed by atoms with van der Waals surface area (Å²) in [5.41, 5.74) is 1.78. The van der Waals surface area contributed by atoms with E-state index in [1.165, 1.54) is 10.5 Å². The molecule has 2 aromatic heterocycles. The number of benzene rings is 2. The molecule has 2 aromatic carbocycles. The number of nitrogens with zero attached hydrogens (tertiary/aromatic N) is 2. The number of aryl methyl sites for hydroxylation is 1. The maximum absolute atomic E-state index is 15.4. The van der Waals surface area contributed by atoms with Gasteiger partial charge in [-0.1, -0.05) is 29.8 Å². The van der Waals surface area contributed by atoms with Crippen molar-refractivity contribution in [1.29, 1.82) is 0 Å². The fourth-order valence-corrected chi connectivity index (χ4v) is 6.03. The van der Waals surface area contributed by atoms with Crippen LogP contribution in [-0.4, -0.2) is 41.1 Å². The number of carbonyl (C=O) groups excluding carboxylic acids is 1. The van der Waals surface area contributed by atoms with Crippen molar-refractivity contribution in [3.8, 4) is 11.1 Å². The highest BCUT2D eigenvalue weighted by Gasteiger charge is 2.33. The monoisotopic (exact) mass is 510 g/mol. The molecule has 1 atom stereocenters. The number of aromatic nitrogens is 2. The van der Waals surface area contributed by atoms with Crippen molar-refractivity contribution in [2.45, 2.75) is 32.7 Å². The number of halogens is 2. The Morgan fingerprint density at radius 2 is 1.89 bits per heavy atom. The first-order valence-corrected chi connectivity index (χ1v) is 13.0. The molecule has 186 valence electrons. The number of anilines is 1. The minimum Gasteiger partial charge on any atom is -0.345 e.